The highest BCUT2D eigenvalue weighted by atomic mass is 35.7. The highest BCUT2D eigenvalue weighted by Gasteiger charge is 2.24. The van der Waals surface area contributed by atoms with Crippen molar-refractivity contribution in [2.75, 3.05) is 0 Å². The minimum atomic E-state index is -3.82. The number of aryl methyl sites for hydroxylation is 1. The van der Waals surface area contributed by atoms with Crippen LogP contribution in [0.3, 0.4) is 0 Å². The Kier molecular flexibility index (Phi) is 3.91. The van der Waals surface area contributed by atoms with Gasteiger partial charge in [-0.05, 0) is 33.8 Å². The zero-order valence-corrected chi connectivity index (χ0v) is 12.3. The zero-order chi connectivity index (χ0) is 13.4. The number of rotatable bonds is 2. The summed E-state index contributed by atoms with van der Waals surface area (Å²) < 4.78 is 27.5. The van der Waals surface area contributed by atoms with Gasteiger partial charge >= 0.3 is 5.97 Å². The minimum absolute atomic E-state index is 0.0370. The van der Waals surface area contributed by atoms with Gasteiger partial charge in [0.1, 0.15) is 10.5 Å². The van der Waals surface area contributed by atoms with Crippen molar-refractivity contribution in [3.05, 3.63) is 15.8 Å². The predicted octanol–water partition coefficient (Wildman–Crippen LogP) is 2.94. The largest absolute Gasteiger partial charge is 0.456 e. The second kappa shape index (κ2) is 4.59. The molecule has 0 atom stereocenters. The van der Waals surface area contributed by atoms with E-state index in [4.69, 9.17) is 15.4 Å². The SMILES string of the molecule is Cc1sc(C(=O)OC(C)(C)C)cc1S(=O)(=O)Cl. The molecule has 0 fully saturated rings. The molecular weight excluding hydrogens is 284 g/mol. The van der Waals surface area contributed by atoms with E-state index in [0.29, 0.717) is 4.88 Å². The Morgan fingerprint density at radius 1 is 1.41 bits per heavy atom. The van der Waals surface area contributed by atoms with Gasteiger partial charge in [0.2, 0.25) is 0 Å². The minimum Gasteiger partial charge on any atom is -0.456 e. The second-order valence-corrected chi connectivity index (χ2v) is 8.26. The third-order valence-corrected chi connectivity index (χ3v) is 4.34. The average Bonchev–Trinajstić information content (AvgIpc) is 2.42. The molecule has 0 aromatic carbocycles. The van der Waals surface area contributed by atoms with Gasteiger partial charge in [0.25, 0.3) is 9.05 Å². The van der Waals surface area contributed by atoms with E-state index >= 15 is 0 Å². The standard InChI is InChI=1S/C10H13ClO4S2/c1-6-8(17(11,13)14)5-7(16-6)9(12)15-10(2,3)4/h5H,1-4H3. The summed E-state index contributed by atoms with van der Waals surface area (Å²) in [6.07, 6.45) is 0. The molecule has 0 aliphatic rings. The van der Waals surface area contributed by atoms with Crippen LogP contribution in [0.15, 0.2) is 11.0 Å². The van der Waals surface area contributed by atoms with Gasteiger partial charge in [0.05, 0.1) is 4.90 Å². The van der Waals surface area contributed by atoms with E-state index in [2.05, 4.69) is 0 Å². The molecule has 1 heterocycles. The first-order valence-electron chi connectivity index (χ1n) is 4.79. The molecule has 1 aromatic rings. The second-order valence-electron chi connectivity index (χ2n) is 4.47. The highest BCUT2D eigenvalue weighted by molar-refractivity contribution is 8.13. The first-order chi connectivity index (χ1) is 7.50. The maximum absolute atomic E-state index is 11.7. The first kappa shape index (κ1) is 14.5. The van der Waals surface area contributed by atoms with Crippen molar-refractivity contribution in [1.82, 2.24) is 0 Å². The predicted molar refractivity (Wildman–Crippen MR) is 67.3 cm³/mol. The van der Waals surface area contributed by atoms with Gasteiger partial charge in [-0.2, -0.15) is 0 Å². The maximum Gasteiger partial charge on any atom is 0.348 e. The van der Waals surface area contributed by atoms with Gasteiger partial charge in [0.15, 0.2) is 0 Å². The number of thiophene rings is 1. The third kappa shape index (κ3) is 3.97. The summed E-state index contributed by atoms with van der Waals surface area (Å²) in [6.45, 7) is 6.81. The highest BCUT2D eigenvalue weighted by Crippen LogP contribution is 2.29. The quantitative estimate of drug-likeness (QED) is 0.622. The van der Waals surface area contributed by atoms with Gasteiger partial charge < -0.3 is 4.74 Å². The molecule has 7 heteroatoms. The number of carbonyl (C=O) groups is 1. The molecule has 0 aliphatic heterocycles. The van der Waals surface area contributed by atoms with Crippen LogP contribution in [0.2, 0.25) is 0 Å². The van der Waals surface area contributed by atoms with Crippen LogP contribution < -0.4 is 0 Å². The molecule has 96 valence electrons. The number of ether oxygens (including phenoxy) is 1. The van der Waals surface area contributed by atoms with Gasteiger partial charge in [-0.3, -0.25) is 0 Å². The van der Waals surface area contributed by atoms with Crippen molar-refractivity contribution in [3.8, 4) is 0 Å². The number of hydrogen-bond donors (Lipinski definition) is 0. The number of carbonyl (C=O) groups excluding carboxylic acids is 1. The summed E-state index contributed by atoms with van der Waals surface area (Å²) in [7, 11) is 1.43. The van der Waals surface area contributed by atoms with Crippen LogP contribution in [0.25, 0.3) is 0 Å². The van der Waals surface area contributed by atoms with Crippen molar-refractivity contribution >= 4 is 37.0 Å². The van der Waals surface area contributed by atoms with E-state index in [9.17, 15) is 13.2 Å². The van der Waals surface area contributed by atoms with Gasteiger partial charge in [0, 0.05) is 15.6 Å². The van der Waals surface area contributed by atoms with E-state index in [1.807, 2.05) is 0 Å². The molecule has 0 bridgehead atoms. The molecule has 0 aliphatic carbocycles. The Labute approximate surface area is 109 Å². The summed E-state index contributed by atoms with van der Waals surface area (Å²) >= 11 is 1.05. The molecule has 1 aromatic heterocycles. The molecule has 0 saturated carbocycles. The van der Waals surface area contributed by atoms with Crippen LogP contribution in [0.5, 0.6) is 0 Å². The lowest BCUT2D eigenvalue weighted by molar-refractivity contribution is 0.00751. The molecule has 1 rings (SSSR count). The number of halogens is 1. The Bertz CT molecular complexity index is 537. The third-order valence-electron chi connectivity index (χ3n) is 1.73. The van der Waals surface area contributed by atoms with Crippen molar-refractivity contribution in [1.29, 1.82) is 0 Å². The van der Waals surface area contributed by atoms with Gasteiger partial charge in [-0.1, -0.05) is 0 Å². The Balaban J connectivity index is 3.07. The van der Waals surface area contributed by atoms with E-state index in [-0.39, 0.29) is 9.77 Å². The van der Waals surface area contributed by atoms with Crippen LogP contribution >= 0.6 is 22.0 Å². The van der Waals surface area contributed by atoms with E-state index in [0.717, 1.165) is 11.3 Å². The smallest absolute Gasteiger partial charge is 0.348 e. The van der Waals surface area contributed by atoms with Crippen molar-refractivity contribution < 1.29 is 17.9 Å². The fraction of sp³-hybridized carbons (Fsp3) is 0.500. The Morgan fingerprint density at radius 2 is 1.94 bits per heavy atom. The van der Waals surface area contributed by atoms with Gasteiger partial charge in [-0.15, -0.1) is 11.3 Å². The van der Waals surface area contributed by atoms with E-state index in [1.165, 1.54) is 6.07 Å². The lowest BCUT2D eigenvalue weighted by Gasteiger charge is -2.18. The number of hydrogen-bond acceptors (Lipinski definition) is 5. The molecule has 17 heavy (non-hydrogen) atoms. The molecule has 0 N–H and O–H groups in total. The monoisotopic (exact) mass is 296 g/mol. The van der Waals surface area contributed by atoms with Crippen molar-refractivity contribution in [3.63, 3.8) is 0 Å². The van der Waals surface area contributed by atoms with E-state index in [1.54, 1.807) is 27.7 Å². The van der Waals surface area contributed by atoms with Crippen LogP contribution in [-0.4, -0.2) is 20.0 Å². The average molecular weight is 297 g/mol. The summed E-state index contributed by atoms with van der Waals surface area (Å²) in [4.78, 5) is 12.4. The van der Waals surface area contributed by atoms with Crippen molar-refractivity contribution in [2.45, 2.75) is 38.2 Å². The maximum atomic E-state index is 11.7. The van der Waals surface area contributed by atoms with Crippen LogP contribution in [-0.2, 0) is 13.8 Å². The first-order valence-corrected chi connectivity index (χ1v) is 7.92. The normalized spacial score (nSPS) is 12.5. The lowest BCUT2D eigenvalue weighted by atomic mass is 10.2. The molecule has 0 spiro atoms. The topological polar surface area (TPSA) is 60.4 Å². The molecule has 4 nitrogen and oxygen atoms in total. The Hall–Kier alpha value is -0.590. The van der Waals surface area contributed by atoms with Crippen LogP contribution in [0, 0.1) is 6.92 Å². The Morgan fingerprint density at radius 3 is 2.29 bits per heavy atom. The number of esters is 1. The fourth-order valence-corrected chi connectivity index (χ4v) is 3.68. The summed E-state index contributed by atoms with van der Waals surface area (Å²) in [5.41, 5.74) is -0.616. The molecule has 0 amide bonds. The van der Waals surface area contributed by atoms with Crippen LogP contribution in [0.4, 0.5) is 0 Å². The van der Waals surface area contributed by atoms with Crippen LogP contribution in [0.1, 0.15) is 35.3 Å². The molecular formula is C10H13ClO4S2. The zero-order valence-electron chi connectivity index (χ0n) is 9.90. The molecule has 0 radical (unpaired) electrons. The summed E-state index contributed by atoms with van der Waals surface area (Å²) in [5.74, 6) is -0.544. The lowest BCUT2D eigenvalue weighted by Crippen LogP contribution is -2.23. The van der Waals surface area contributed by atoms with Crippen molar-refractivity contribution in [2.24, 2.45) is 0 Å². The molecule has 0 saturated heterocycles. The van der Waals surface area contributed by atoms with E-state index < -0.39 is 20.6 Å². The fourth-order valence-electron chi connectivity index (χ4n) is 1.14. The molecule has 0 unspecified atom stereocenters. The van der Waals surface area contributed by atoms with Gasteiger partial charge in [-0.25, -0.2) is 13.2 Å². The summed E-state index contributed by atoms with van der Waals surface area (Å²) in [5, 5.41) is 0. The summed E-state index contributed by atoms with van der Waals surface area (Å²) in [6, 6.07) is 1.25.